The third-order valence-corrected chi connectivity index (χ3v) is 3.52. The molecule has 0 aliphatic heterocycles. The van der Waals surface area contributed by atoms with Gasteiger partial charge in [-0.05, 0) is 30.5 Å². The van der Waals surface area contributed by atoms with Crippen molar-refractivity contribution in [2.24, 2.45) is 0 Å². The van der Waals surface area contributed by atoms with Gasteiger partial charge in [0.05, 0.1) is 19.9 Å². The zero-order valence-electron chi connectivity index (χ0n) is 12.4. The van der Waals surface area contributed by atoms with Crippen molar-refractivity contribution in [3.05, 3.63) is 54.2 Å². The quantitative estimate of drug-likeness (QED) is 0.719. The molecular formula is C18H17NO2. The predicted molar refractivity (Wildman–Crippen MR) is 85.0 cm³/mol. The Labute approximate surface area is 124 Å². The highest BCUT2D eigenvalue weighted by molar-refractivity contribution is 5.86. The van der Waals surface area contributed by atoms with Gasteiger partial charge in [-0.15, -0.1) is 0 Å². The lowest BCUT2D eigenvalue weighted by Gasteiger charge is -2.09. The lowest BCUT2D eigenvalue weighted by molar-refractivity contribution is 0.394. The van der Waals surface area contributed by atoms with Gasteiger partial charge in [0.1, 0.15) is 11.5 Å². The second kappa shape index (κ2) is 5.44. The Balaban J connectivity index is 2.15. The van der Waals surface area contributed by atoms with Crippen LogP contribution in [-0.2, 0) is 0 Å². The largest absolute Gasteiger partial charge is 0.497 e. The number of fused-ring (bicyclic) bond motifs is 1. The normalized spacial score (nSPS) is 10.6. The van der Waals surface area contributed by atoms with Crippen LogP contribution in [0.25, 0.3) is 22.0 Å². The van der Waals surface area contributed by atoms with Crippen molar-refractivity contribution >= 4 is 10.8 Å². The molecule has 0 unspecified atom stereocenters. The van der Waals surface area contributed by atoms with E-state index in [1.54, 1.807) is 14.2 Å². The summed E-state index contributed by atoms with van der Waals surface area (Å²) in [7, 11) is 3.30. The van der Waals surface area contributed by atoms with Crippen LogP contribution < -0.4 is 9.47 Å². The van der Waals surface area contributed by atoms with Crippen LogP contribution in [0.15, 0.2) is 48.7 Å². The second-order valence-corrected chi connectivity index (χ2v) is 5.02. The van der Waals surface area contributed by atoms with Crippen molar-refractivity contribution in [2.45, 2.75) is 6.92 Å². The molecule has 21 heavy (non-hydrogen) atoms. The first kappa shape index (κ1) is 13.4. The summed E-state index contributed by atoms with van der Waals surface area (Å²) in [5.74, 6) is 1.52. The average molecular weight is 279 g/mol. The highest BCUT2D eigenvalue weighted by Crippen LogP contribution is 2.30. The summed E-state index contributed by atoms with van der Waals surface area (Å²) in [6.45, 7) is 2.09. The van der Waals surface area contributed by atoms with E-state index in [4.69, 9.17) is 9.47 Å². The number of ether oxygens (including phenoxy) is 2. The third kappa shape index (κ3) is 2.68. The van der Waals surface area contributed by atoms with Crippen LogP contribution in [0.1, 0.15) is 5.56 Å². The molecule has 0 amide bonds. The van der Waals surface area contributed by atoms with Crippen molar-refractivity contribution in [3.8, 4) is 22.8 Å². The number of aromatic nitrogens is 1. The molecule has 0 spiro atoms. The first-order chi connectivity index (χ1) is 10.2. The monoisotopic (exact) mass is 279 g/mol. The Morgan fingerprint density at radius 1 is 0.810 bits per heavy atom. The molecule has 106 valence electrons. The van der Waals surface area contributed by atoms with Crippen molar-refractivity contribution in [2.75, 3.05) is 14.2 Å². The van der Waals surface area contributed by atoms with Crippen molar-refractivity contribution < 1.29 is 9.47 Å². The van der Waals surface area contributed by atoms with E-state index >= 15 is 0 Å². The Hall–Kier alpha value is -2.55. The van der Waals surface area contributed by atoms with Crippen molar-refractivity contribution in [3.63, 3.8) is 0 Å². The standard InChI is InChI=1S/C18H17NO2/c1-12-4-5-13-11-19-18(9-14(13)6-12)15-7-16(20-2)10-17(8-15)21-3/h4-11H,1-3H3. The Kier molecular flexibility index (Phi) is 3.48. The number of aryl methyl sites for hydroxylation is 1. The first-order valence-corrected chi connectivity index (χ1v) is 6.79. The lowest BCUT2D eigenvalue weighted by atomic mass is 10.1. The topological polar surface area (TPSA) is 31.4 Å². The fourth-order valence-corrected chi connectivity index (χ4v) is 2.37. The van der Waals surface area contributed by atoms with Crippen molar-refractivity contribution in [1.82, 2.24) is 4.98 Å². The number of benzene rings is 2. The van der Waals surface area contributed by atoms with Crippen LogP contribution in [0, 0.1) is 6.92 Å². The molecule has 3 aromatic rings. The number of rotatable bonds is 3. The van der Waals surface area contributed by atoms with E-state index in [9.17, 15) is 0 Å². The van der Waals surface area contributed by atoms with Crippen LogP contribution in [0.4, 0.5) is 0 Å². The third-order valence-electron chi connectivity index (χ3n) is 3.52. The van der Waals surface area contributed by atoms with E-state index in [0.29, 0.717) is 0 Å². The van der Waals surface area contributed by atoms with Crippen LogP contribution in [0.3, 0.4) is 0 Å². The Morgan fingerprint density at radius 3 is 2.19 bits per heavy atom. The van der Waals surface area contributed by atoms with Gasteiger partial charge in [-0.25, -0.2) is 0 Å². The van der Waals surface area contributed by atoms with Crippen LogP contribution in [0.2, 0.25) is 0 Å². The van der Waals surface area contributed by atoms with E-state index in [1.807, 2.05) is 24.4 Å². The summed E-state index contributed by atoms with van der Waals surface area (Å²) in [4.78, 5) is 4.55. The molecule has 0 saturated heterocycles. The Morgan fingerprint density at radius 2 is 1.52 bits per heavy atom. The SMILES string of the molecule is COc1cc(OC)cc(-c2cc3cc(C)ccc3cn2)c1. The molecule has 3 rings (SSSR count). The molecule has 0 fully saturated rings. The highest BCUT2D eigenvalue weighted by Gasteiger charge is 2.06. The van der Waals surface area contributed by atoms with E-state index < -0.39 is 0 Å². The zero-order chi connectivity index (χ0) is 14.8. The smallest absolute Gasteiger partial charge is 0.123 e. The highest BCUT2D eigenvalue weighted by atomic mass is 16.5. The minimum atomic E-state index is 0.760. The number of methoxy groups -OCH3 is 2. The number of pyridine rings is 1. The van der Waals surface area contributed by atoms with Gasteiger partial charge in [-0.1, -0.05) is 23.8 Å². The van der Waals surface area contributed by atoms with Gasteiger partial charge in [0.25, 0.3) is 0 Å². The van der Waals surface area contributed by atoms with Crippen molar-refractivity contribution in [1.29, 1.82) is 0 Å². The van der Waals surface area contributed by atoms with Gasteiger partial charge in [0.15, 0.2) is 0 Å². The molecule has 3 nitrogen and oxygen atoms in total. The maximum Gasteiger partial charge on any atom is 0.123 e. The molecule has 0 aliphatic rings. The molecule has 0 aliphatic carbocycles. The first-order valence-electron chi connectivity index (χ1n) is 6.79. The summed E-state index contributed by atoms with van der Waals surface area (Å²) < 4.78 is 10.6. The number of hydrogen-bond acceptors (Lipinski definition) is 3. The molecule has 0 atom stereocenters. The van der Waals surface area contributed by atoms with Crippen LogP contribution in [0.5, 0.6) is 11.5 Å². The summed E-state index contributed by atoms with van der Waals surface area (Å²) in [6.07, 6.45) is 1.90. The van der Waals surface area contributed by atoms with E-state index in [0.717, 1.165) is 28.1 Å². The summed E-state index contributed by atoms with van der Waals surface area (Å²) in [5.41, 5.74) is 3.13. The fraction of sp³-hybridized carbons (Fsp3) is 0.167. The lowest BCUT2D eigenvalue weighted by Crippen LogP contribution is -1.90. The molecule has 0 bridgehead atoms. The van der Waals surface area contributed by atoms with Gasteiger partial charge >= 0.3 is 0 Å². The average Bonchev–Trinajstić information content (AvgIpc) is 2.53. The number of hydrogen-bond donors (Lipinski definition) is 0. The summed E-state index contributed by atoms with van der Waals surface area (Å²) in [6, 6.07) is 14.2. The van der Waals surface area contributed by atoms with Gasteiger partial charge in [0, 0.05) is 23.2 Å². The molecule has 0 radical (unpaired) electrons. The molecule has 0 saturated carbocycles. The summed E-state index contributed by atoms with van der Waals surface area (Å²) >= 11 is 0. The van der Waals surface area contributed by atoms with Gasteiger partial charge in [-0.3, -0.25) is 4.98 Å². The molecule has 1 aromatic heterocycles. The zero-order valence-corrected chi connectivity index (χ0v) is 12.4. The Bertz CT molecular complexity index is 774. The second-order valence-electron chi connectivity index (χ2n) is 5.02. The van der Waals surface area contributed by atoms with E-state index in [2.05, 4.69) is 36.2 Å². The van der Waals surface area contributed by atoms with Gasteiger partial charge in [0.2, 0.25) is 0 Å². The molecule has 1 heterocycles. The minimum absolute atomic E-state index is 0.760. The van der Waals surface area contributed by atoms with Crippen LogP contribution in [-0.4, -0.2) is 19.2 Å². The van der Waals surface area contributed by atoms with Gasteiger partial charge in [-0.2, -0.15) is 0 Å². The van der Waals surface area contributed by atoms with E-state index in [1.165, 1.54) is 10.9 Å². The molecule has 0 N–H and O–H groups in total. The van der Waals surface area contributed by atoms with E-state index in [-0.39, 0.29) is 0 Å². The maximum atomic E-state index is 5.32. The molecule has 3 heteroatoms. The summed E-state index contributed by atoms with van der Waals surface area (Å²) in [5, 5.41) is 2.32. The molecule has 2 aromatic carbocycles. The van der Waals surface area contributed by atoms with Gasteiger partial charge < -0.3 is 9.47 Å². The maximum absolute atomic E-state index is 5.32. The predicted octanol–water partition coefficient (Wildman–Crippen LogP) is 4.23. The minimum Gasteiger partial charge on any atom is -0.497 e. The fourth-order valence-electron chi connectivity index (χ4n) is 2.37. The van der Waals surface area contributed by atoms with Crippen LogP contribution >= 0.6 is 0 Å². The number of nitrogens with zero attached hydrogens (tertiary/aromatic N) is 1. The molecular weight excluding hydrogens is 262 g/mol.